The first kappa shape index (κ1) is 16.7. The summed E-state index contributed by atoms with van der Waals surface area (Å²) in [4.78, 5) is 27.1. The summed E-state index contributed by atoms with van der Waals surface area (Å²) in [5.74, 6) is -0.124. The van der Waals surface area contributed by atoms with Gasteiger partial charge in [0.05, 0.1) is 0 Å². The number of para-hydroxylation sites is 1. The number of carbonyl (C=O) groups is 1. The maximum Gasteiger partial charge on any atom is 0.251 e. The highest BCUT2D eigenvalue weighted by molar-refractivity contribution is 5.97. The lowest BCUT2D eigenvalue weighted by molar-refractivity contribution is -0.117. The van der Waals surface area contributed by atoms with Crippen LogP contribution in [0.4, 0.5) is 0 Å². The van der Waals surface area contributed by atoms with E-state index in [0.29, 0.717) is 24.1 Å². The van der Waals surface area contributed by atoms with E-state index in [1.807, 2.05) is 66.7 Å². The molecule has 0 saturated carbocycles. The topological polar surface area (TPSA) is 62.0 Å². The van der Waals surface area contributed by atoms with Crippen LogP contribution in [-0.2, 0) is 11.2 Å². The van der Waals surface area contributed by atoms with E-state index in [2.05, 4.69) is 10.3 Å². The molecule has 0 unspecified atom stereocenters. The Morgan fingerprint density at radius 3 is 2.60 bits per heavy atom. The summed E-state index contributed by atoms with van der Waals surface area (Å²) in [6, 6.07) is 19.2. The minimum atomic E-state index is -0.124. The molecule has 0 spiro atoms. The highest BCUT2D eigenvalue weighted by Gasteiger charge is 2.06. The number of benzene rings is 2. The molecule has 0 aliphatic rings. The van der Waals surface area contributed by atoms with Crippen molar-refractivity contribution >= 4 is 22.9 Å². The van der Waals surface area contributed by atoms with Crippen molar-refractivity contribution in [3.8, 4) is 0 Å². The van der Waals surface area contributed by atoms with Gasteiger partial charge in [0, 0.05) is 23.2 Å². The van der Waals surface area contributed by atoms with Crippen molar-refractivity contribution < 1.29 is 4.79 Å². The van der Waals surface area contributed by atoms with E-state index in [-0.39, 0.29) is 11.5 Å². The molecule has 0 saturated heterocycles. The number of aromatic amines is 1. The molecule has 3 rings (SSSR count). The van der Waals surface area contributed by atoms with E-state index in [9.17, 15) is 9.59 Å². The van der Waals surface area contributed by atoms with Gasteiger partial charge in [0.15, 0.2) is 0 Å². The highest BCUT2D eigenvalue weighted by atomic mass is 16.1. The third-order valence-corrected chi connectivity index (χ3v) is 4.05. The van der Waals surface area contributed by atoms with Crippen LogP contribution >= 0.6 is 0 Å². The molecule has 0 atom stereocenters. The minimum absolute atomic E-state index is 0.107. The number of pyridine rings is 1. The molecule has 1 amide bonds. The Morgan fingerprint density at radius 2 is 1.80 bits per heavy atom. The Kier molecular flexibility index (Phi) is 5.09. The van der Waals surface area contributed by atoms with Crippen molar-refractivity contribution in [2.24, 2.45) is 0 Å². The Morgan fingerprint density at radius 1 is 1.08 bits per heavy atom. The molecule has 0 bridgehead atoms. The van der Waals surface area contributed by atoms with E-state index < -0.39 is 0 Å². The molecule has 4 nitrogen and oxygen atoms in total. The summed E-state index contributed by atoms with van der Waals surface area (Å²) in [7, 11) is 0. The molecule has 126 valence electrons. The number of amides is 1. The van der Waals surface area contributed by atoms with Gasteiger partial charge in [0.25, 0.3) is 5.56 Å². The SMILES string of the molecule is C/C(=C\c1ccccc1)C(=O)NCCc1cc2ccccc2[nH]c1=O. The summed E-state index contributed by atoms with van der Waals surface area (Å²) in [6.07, 6.45) is 2.34. The van der Waals surface area contributed by atoms with Crippen LogP contribution in [0.3, 0.4) is 0 Å². The maximum absolute atomic E-state index is 12.2. The monoisotopic (exact) mass is 332 g/mol. The average Bonchev–Trinajstić information content (AvgIpc) is 2.62. The standard InChI is InChI=1S/C21H20N2O2/c1-15(13-16-7-3-2-4-8-16)20(24)22-12-11-18-14-17-9-5-6-10-19(17)23-21(18)25/h2-10,13-14H,11-12H2,1H3,(H,22,24)(H,23,25)/b15-13+. The van der Waals surface area contributed by atoms with Crippen LogP contribution in [0.5, 0.6) is 0 Å². The van der Waals surface area contributed by atoms with Crippen molar-refractivity contribution in [2.75, 3.05) is 6.54 Å². The zero-order valence-electron chi connectivity index (χ0n) is 14.1. The normalized spacial score (nSPS) is 11.5. The van der Waals surface area contributed by atoms with Gasteiger partial charge in [-0.3, -0.25) is 9.59 Å². The third kappa shape index (κ3) is 4.23. The van der Waals surface area contributed by atoms with Crippen molar-refractivity contribution in [1.29, 1.82) is 0 Å². The molecule has 1 heterocycles. The molecular weight excluding hydrogens is 312 g/mol. The summed E-state index contributed by atoms with van der Waals surface area (Å²) in [6.45, 7) is 2.20. The van der Waals surface area contributed by atoms with Gasteiger partial charge in [0.1, 0.15) is 0 Å². The molecule has 4 heteroatoms. The molecule has 25 heavy (non-hydrogen) atoms. The zero-order valence-corrected chi connectivity index (χ0v) is 14.1. The van der Waals surface area contributed by atoms with Crippen LogP contribution in [-0.4, -0.2) is 17.4 Å². The zero-order chi connectivity index (χ0) is 17.6. The Labute approximate surface area is 146 Å². The number of rotatable bonds is 5. The predicted octanol–water partition coefficient (Wildman–Crippen LogP) is 3.29. The predicted molar refractivity (Wildman–Crippen MR) is 101 cm³/mol. The number of H-pyrrole nitrogens is 1. The van der Waals surface area contributed by atoms with Crippen molar-refractivity contribution in [3.05, 3.63) is 87.7 Å². The minimum Gasteiger partial charge on any atom is -0.352 e. The van der Waals surface area contributed by atoms with E-state index in [1.54, 1.807) is 6.92 Å². The number of fused-ring (bicyclic) bond motifs is 1. The average molecular weight is 332 g/mol. The lowest BCUT2D eigenvalue weighted by Crippen LogP contribution is -2.28. The molecule has 0 aliphatic heterocycles. The summed E-state index contributed by atoms with van der Waals surface area (Å²) in [5, 5.41) is 3.86. The van der Waals surface area contributed by atoms with Gasteiger partial charge in [-0.15, -0.1) is 0 Å². The van der Waals surface area contributed by atoms with Crippen molar-refractivity contribution in [2.45, 2.75) is 13.3 Å². The van der Waals surface area contributed by atoms with Crippen LogP contribution in [0.25, 0.3) is 17.0 Å². The van der Waals surface area contributed by atoms with Crippen LogP contribution in [0.1, 0.15) is 18.1 Å². The summed E-state index contributed by atoms with van der Waals surface area (Å²) >= 11 is 0. The lowest BCUT2D eigenvalue weighted by Gasteiger charge is -2.06. The van der Waals surface area contributed by atoms with E-state index in [0.717, 1.165) is 16.5 Å². The maximum atomic E-state index is 12.2. The molecule has 2 N–H and O–H groups in total. The molecule has 0 radical (unpaired) electrons. The molecule has 0 fully saturated rings. The third-order valence-electron chi connectivity index (χ3n) is 4.05. The van der Waals surface area contributed by atoms with Crippen LogP contribution in [0, 0.1) is 0 Å². The molecule has 0 aliphatic carbocycles. The number of aromatic nitrogens is 1. The second-order valence-corrected chi connectivity index (χ2v) is 5.95. The van der Waals surface area contributed by atoms with Crippen LogP contribution < -0.4 is 10.9 Å². The lowest BCUT2D eigenvalue weighted by atomic mass is 10.1. The van der Waals surface area contributed by atoms with Gasteiger partial charge in [-0.25, -0.2) is 0 Å². The fourth-order valence-electron chi connectivity index (χ4n) is 2.69. The van der Waals surface area contributed by atoms with Crippen LogP contribution in [0.15, 0.2) is 71.0 Å². The van der Waals surface area contributed by atoms with Crippen LogP contribution in [0.2, 0.25) is 0 Å². The van der Waals surface area contributed by atoms with Gasteiger partial charge in [-0.2, -0.15) is 0 Å². The second-order valence-electron chi connectivity index (χ2n) is 5.95. The first-order valence-corrected chi connectivity index (χ1v) is 8.26. The van der Waals surface area contributed by atoms with Gasteiger partial charge in [-0.05, 0) is 42.5 Å². The molecule has 1 aromatic heterocycles. The Balaban J connectivity index is 1.63. The highest BCUT2D eigenvalue weighted by Crippen LogP contribution is 2.10. The van der Waals surface area contributed by atoms with Crippen molar-refractivity contribution in [3.63, 3.8) is 0 Å². The summed E-state index contributed by atoms with van der Waals surface area (Å²) in [5.41, 5.74) is 3.01. The van der Waals surface area contributed by atoms with Gasteiger partial charge in [-0.1, -0.05) is 48.5 Å². The molecule has 3 aromatic rings. The first-order valence-electron chi connectivity index (χ1n) is 8.26. The van der Waals surface area contributed by atoms with Gasteiger partial charge in [0.2, 0.25) is 5.91 Å². The number of hydrogen-bond acceptors (Lipinski definition) is 2. The van der Waals surface area contributed by atoms with Crippen molar-refractivity contribution in [1.82, 2.24) is 10.3 Å². The number of nitrogens with one attached hydrogen (secondary N) is 2. The van der Waals surface area contributed by atoms with E-state index >= 15 is 0 Å². The van der Waals surface area contributed by atoms with Gasteiger partial charge >= 0.3 is 0 Å². The summed E-state index contributed by atoms with van der Waals surface area (Å²) < 4.78 is 0. The van der Waals surface area contributed by atoms with E-state index in [4.69, 9.17) is 0 Å². The largest absolute Gasteiger partial charge is 0.352 e. The first-order chi connectivity index (χ1) is 12.1. The number of hydrogen-bond donors (Lipinski definition) is 2. The smallest absolute Gasteiger partial charge is 0.251 e. The molecular formula is C21H20N2O2. The quantitative estimate of drug-likeness (QED) is 0.704. The second kappa shape index (κ2) is 7.62. The Hall–Kier alpha value is -3.14. The van der Waals surface area contributed by atoms with Gasteiger partial charge < -0.3 is 10.3 Å². The van der Waals surface area contributed by atoms with E-state index in [1.165, 1.54) is 0 Å². The Bertz CT molecular complexity index is 972. The molecule has 2 aromatic carbocycles. The number of carbonyl (C=O) groups excluding carboxylic acids is 1. The fraction of sp³-hybridized carbons (Fsp3) is 0.143. The fourth-order valence-corrected chi connectivity index (χ4v) is 2.69.